The van der Waals surface area contributed by atoms with Gasteiger partial charge in [0.05, 0.1) is 17.5 Å². The number of thiazole rings is 1. The standard InChI is InChI=1S/C11H11N5S2/c12-9(17)7-3-4-13-16-10(7)15-11-14-8(5-18-11)6-1-2-6/h3-6H,1-2H2,(H2,12,17)(H,14,15,16). The fourth-order valence-electron chi connectivity index (χ4n) is 1.63. The number of hydrogen-bond acceptors (Lipinski definition) is 6. The van der Waals surface area contributed by atoms with Gasteiger partial charge in [0.15, 0.2) is 10.9 Å². The van der Waals surface area contributed by atoms with Crippen molar-refractivity contribution >= 4 is 39.5 Å². The molecule has 5 nitrogen and oxygen atoms in total. The van der Waals surface area contributed by atoms with Crippen molar-refractivity contribution < 1.29 is 0 Å². The van der Waals surface area contributed by atoms with Gasteiger partial charge < -0.3 is 11.1 Å². The van der Waals surface area contributed by atoms with E-state index in [2.05, 4.69) is 25.9 Å². The second-order valence-corrected chi connectivity index (χ2v) is 5.43. The van der Waals surface area contributed by atoms with Crippen LogP contribution in [0.4, 0.5) is 10.9 Å². The van der Waals surface area contributed by atoms with E-state index in [-0.39, 0.29) is 0 Å². The number of hydrogen-bond donors (Lipinski definition) is 2. The van der Waals surface area contributed by atoms with E-state index in [4.69, 9.17) is 18.0 Å². The third kappa shape index (κ3) is 2.32. The Morgan fingerprint density at radius 2 is 2.33 bits per heavy atom. The number of nitrogens with zero attached hydrogens (tertiary/aromatic N) is 3. The predicted octanol–water partition coefficient (Wildman–Crippen LogP) is 2.19. The van der Waals surface area contributed by atoms with Crippen molar-refractivity contribution in [3.63, 3.8) is 0 Å². The molecule has 2 heterocycles. The average molecular weight is 277 g/mol. The van der Waals surface area contributed by atoms with E-state index in [1.165, 1.54) is 12.8 Å². The van der Waals surface area contributed by atoms with Crippen LogP contribution in [0.15, 0.2) is 17.6 Å². The zero-order valence-electron chi connectivity index (χ0n) is 9.46. The van der Waals surface area contributed by atoms with E-state index in [9.17, 15) is 0 Å². The van der Waals surface area contributed by atoms with Gasteiger partial charge in [0.2, 0.25) is 0 Å². The highest BCUT2D eigenvalue weighted by Crippen LogP contribution is 2.41. The first-order chi connectivity index (χ1) is 8.74. The van der Waals surface area contributed by atoms with Gasteiger partial charge in [-0.3, -0.25) is 0 Å². The summed E-state index contributed by atoms with van der Waals surface area (Å²) in [5.74, 6) is 1.20. The van der Waals surface area contributed by atoms with Crippen LogP contribution < -0.4 is 11.1 Å². The van der Waals surface area contributed by atoms with E-state index in [1.54, 1.807) is 23.6 Å². The highest BCUT2D eigenvalue weighted by Gasteiger charge is 2.26. The fraction of sp³-hybridized carbons (Fsp3) is 0.273. The van der Waals surface area contributed by atoms with Crippen molar-refractivity contribution in [3.8, 4) is 0 Å². The Morgan fingerprint density at radius 1 is 1.50 bits per heavy atom. The molecule has 0 saturated heterocycles. The van der Waals surface area contributed by atoms with Crippen LogP contribution in [0, 0.1) is 0 Å². The molecule has 0 unspecified atom stereocenters. The lowest BCUT2D eigenvalue weighted by Crippen LogP contribution is -2.13. The number of aromatic nitrogens is 3. The minimum Gasteiger partial charge on any atom is -0.389 e. The van der Waals surface area contributed by atoms with Gasteiger partial charge in [-0.1, -0.05) is 12.2 Å². The minimum atomic E-state index is 0.298. The number of nitrogens with one attached hydrogen (secondary N) is 1. The smallest absolute Gasteiger partial charge is 0.188 e. The molecular weight excluding hydrogens is 266 g/mol. The third-order valence-electron chi connectivity index (χ3n) is 2.73. The largest absolute Gasteiger partial charge is 0.389 e. The molecule has 0 aliphatic heterocycles. The molecule has 0 amide bonds. The summed E-state index contributed by atoms with van der Waals surface area (Å²) in [6.07, 6.45) is 4.05. The van der Waals surface area contributed by atoms with Gasteiger partial charge in [-0.15, -0.1) is 16.4 Å². The maximum atomic E-state index is 5.64. The van der Waals surface area contributed by atoms with Crippen molar-refractivity contribution in [2.24, 2.45) is 5.73 Å². The van der Waals surface area contributed by atoms with Crippen LogP contribution >= 0.6 is 23.6 Å². The first-order valence-corrected chi connectivity index (χ1v) is 6.87. The van der Waals surface area contributed by atoms with Crippen molar-refractivity contribution in [2.75, 3.05) is 5.32 Å². The molecule has 2 aromatic rings. The Balaban J connectivity index is 1.84. The second kappa shape index (κ2) is 4.58. The van der Waals surface area contributed by atoms with Crippen molar-refractivity contribution in [3.05, 3.63) is 28.9 Å². The summed E-state index contributed by atoms with van der Waals surface area (Å²) in [4.78, 5) is 4.82. The summed E-state index contributed by atoms with van der Waals surface area (Å²) in [6, 6.07) is 1.74. The Morgan fingerprint density at radius 3 is 3.06 bits per heavy atom. The molecule has 0 aromatic carbocycles. The van der Waals surface area contributed by atoms with Crippen LogP contribution in [0.2, 0.25) is 0 Å². The zero-order valence-corrected chi connectivity index (χ0v) is 11.1. The van der Waals surface area contributed by atoms with E-state index < -0.39 is 0 Å². The SMILES string of the molecule is NC(=S)c1ccnnc1Nc1nc(C2CC2)cs1. The maximum absolute atomic E-state index is 5.64. The molecule has 1 aliphatic rings. The normalized spacial score (nSPS) is 14.4. The van der Waals surface area contributed by atoms with Crippen LogP contribution in [0.25, 0.3) is 0 Å². The highest BCUT2D eigenvalue weighted by atomic mass is 32.1. The van der Waals surface area contributed by atoms with Gasteiger partial charge in [-0.25, -0.2) is 4.98 Å². The van der Waals surface area contributed by atoms with E-state index >= 15 is 0 Å². The van der Waals surface area contributed by atoms with Gasteiger partial charge in [-0.2, -0.15) is 5.10 Å². The molecule has 1 fully saturated rings. The summed E-state index contributed by atoms with van der Waals surface area (Å²) < 4.78 is 0. The first-order valence-electron chi connectivity index (χ1n) is 5.58. The monoisotopic (exact) mass is 277 g/mol. The molecule has 7 heteroatoms. The number of rotatable bonds is 4. The molecule has 2 aromatic heterocycles. The highest BCUT2D eigenvalue weighted by molar-refractivity contribution is 7.80. The van der Waals surface area contributed by atoms with Crippen LogP contribution in [0.5, 0.6) is 0 Å². The number of nitrogens with two attached hydrogens (primary N) is 1. The van der Waals surface area contributed by atoms with Gasteiger partial charge in [0, 0.05) is 11.3 Å². The summed E-state index contributed by atoms with van der Waals surface area (Å²) in [5.41, 5.74) is 7.48. The molecule has 3 N–H and O–H groups in total. The van der Waals surface area contributed by atoms with E-state index in [0.29, 0.717) is 22.3 Å². The summed E-state index contributed by atoms with van der Waals surface area (Å²) in [7, 11) is 0. The first kappa shape index (κ1) is 11.5. The molecule has 18 heavy (non-hydrogen) atoms. The van der Waals surface area contributed by atoms with Gasteiger partial charge in [0.25, 0.3) is 0 Å². The molecule has 0 atom stereocenters. The quantitative estimate of drug-likeness (QED) is 0.834. The van der Waals surface area contributed by atoms with Crippen LogP contribution in [-0.4, -0.2) is 20.2 Å². The average Bonchev–Trinajstić information content (AvgIpc) is 3.11. The van der Waals surface area contributed by atoms with Gasteiger partial charge >= 0.3 is 0 Å². The second-order valence-electron chi connectivity index (χ2n) is 4.13. The molecule has 0 radical (unpaired) electrons. The van der Waals surface area contributed by atoms with Crippen LogP contribution in [-0.2, 0) is 0 Å². The zero-order chi connectivity index (χ0) is 12.5. The molecule has 1 aliphatic carbocycles. The Labute approximate surface area is 113 Å². The van der Waals surface area contributed by atoms with Crippen LogP contribution in [0.3, 0.4) is 0 Å². The Hall–Kier alpha value is -1.60. The van der Waals surface area contributed by atoms with Gasteiger partial charge in [0.1, 0.15) is 4.99 Å². The molecule has 0 bridgehead atoms. The maximum Gasteiger partial charge on any atom is 0.188 e. The molecule has 0 spiro atoms. The topological polar surface area (TPSA) is 76.7 Å². The lowest BCUT2D eigenvalue weighted by Gasteiger charge is -2.05. The van der Waals surface area contributed by atoms with Crippen molar-refractivity contribution in [2.45, 2.75) is 18.8 Å². The van der Waals surface area contributed by atoms with E-state index in [0.717, 1.165) is 10.8 Å². The van der Waals surface area contributed by atoms with Crippen molar-refractivity contribution in [1.82, 2.24) is 15.2 Å². The summed E-state index contributed by atoms with van der Waals surface area (Å²) in [6.45, 7) is 0. The van der Waals surface area contributed by atoms with Crippen molar-refractivity contribution in [1.29, 1.82) is 0 Å². The molecule has 92 valence electrons. The lowest BCUT2D eigenvalue weighted by atomic mass is 10.3. The Kier molecular flexibility index (Phi) is 2.92. The number of thiocarbonyl (C=S) groups is 1. The fourth-order valence-corrected chi connectivity index (χ4v) is 2.59. The number of anilines is 2. The predicted molar refractivity (Wildman–Crippen MR) is 75.3 cm³/mol. The minimum absolute atomic E-state index is 0.298. The van der Waals surface area contributed by atoms with Gasteiger partial charge in [-0.05, 0) is 18.9 Å². The molecular formula is C11H11N5S2. The lowest BCUT2D eigenvalue weighted by molar-refractivity contribution is 1.02. The van der Waals surface area contributed by atoms with E-state index in [1.807, 2.05) is 0 Å². The molecule has 3 rings (SSSR count). The summed E-state index contributed by atoms with van der Waals surface area (Å²) in [5, 5.41) is 13.8. The molecule has 1 saturated carbocycles. The summed E-state index contributed by atoms with van der Waals surface area (Å²) >= 11 is 6.53. The van der Waals surface area contributed by atoms with Crippen LogP contribution in [0.1, 0.15) is 30.0 Å². The Bertz CT molecular complexity index is 591. The third-order valence-corrected chi connectivity index (χ3v) is 3.72.